The van der Waals surface area contributed by atoms with Crippen molar-refractivity contribution in [1.82, 2.24) is 24.5 Å². The van der Waals surface area contributed by atoms with Crippen LogP contribution in [0.25, 0.3) is 0 Å². The highest BCUT2D eigenvalue weighted by molar-refractivity contribution is 4.78. The Morgan fingerprint density at radius 3 is 0.901 bits per heavy atom. The first-order valence-electron chi connectivity index (χ1n) is 31.7. The predicted molar refractivity (Wildman–Crippen MR) is 307 cm³/mol. The summed E-state index contributed by atoms with van der Waals surface area (Å²) in [6, 6.07) is 0. The van der Waals surface area contributed by atoms with Crippen LogP contribution in [-0.2, 0) is 0 Å². The number of aliphatic hydroxyl groups is 5. The highest BCUT2D eigenvalue weighted by Crippen LogP contribution is 2.17. The van der Waals surface area contributed by atoms with Crippen LogP contribution in [0.2, 0.25) is 0 Å². The smallest absolute Gasteiger partial charge is 0.0667 e. The van der Waals surface area contributed by atoms with Crippen LogP contribution >= 0.6 is 0 Å². The zero-order valence-corrected chi connectivity index (χ0v) is 48.4. The fourth-order valence-corrected chi connectivity index (χ4v) is 10.9. The number of aliphatic hydroxyl groups excluding tert-OH is 5. The first-order valence-corrected chi connectivity index (χ1v) is 31.7. The molecule has 10 nitrogen and oxygen atoms in total. The van der Waals surface area contributed by atoms with Crippen molar-refractivity contribution in [2.45, 2.75) is 296 Å². The Balaban J connectivity index is 3.06. The van der Waals surface area contributed by atoms with Gasteiger partial charge in [0.15, 0.2) is 0 Å². The third-order valence-corrected chi connectivity index (χ3v) is 15.7. The summed E-state index contributed by atoms with van der Waals surface area (Å²) in [5.41, 5.74) is 0. The van der Waals surface area contributed by atoms with Crippen molar-refractivity contribution in [2.75, 3.05) is 98.2 Å². The molecule has 1 fully saturated rings. The van der Waals surface area contributed by atoms with Crippen LogP contribution < -0.4 is 0 Å². The Kier molecular flexibility index (Phi) is 48.7. The highest BCUT2D eigenvalue weighted by Gasteiger charge is 2.22. The molecule has 1 rings (SSSR count). The number of nitrogens with zero attached hydrogens (tertiary/aromatic N) is 5. The maximum atomic E-state index is 11.4. The van der Waals surface area contributed by atoms with Crippen molar-refractivity contribution in [3.05, 3.63) is 0 Å². The number of rotatable bonds is 55. The molecule has 0 aromatic carbocycles. The molecule has 1 aliphatic heterocycles. The number of β-amino-alcohol motifs (C(OH)–C–C–N with tert-alkyl or cyclic N) is 1. The van der Waals surface area contributed by atoms with Gasteiger partial charge in [0.05, 0.1) is 30.5 Å². The van der Waals surface area contributed by atoms with Crippen LogP contribution in [-0.4, -0.2) is 179 Å². The van der Waals surface area contributed by atoms with Crippen molar-refractivity contribution in [1.29, 1.82) is 0 Å². The van der Waals surface area contributed by atoms with Crippen LogP contribution in [0.5, 0.6) is 0 Å². The topological polar surface area (TPSA) is 117 Å². The molecule has 1 heterocycles. The van der Waals surface area contributed by atoms with E-state index < -0.39 is 0 Å². The highest BCUT2D eigenvalue weighted by atomic mass is 16.3. The monoisotopic (exact) mass is 1010 g/mol. The second kappa shape index (κ2) is 50.4. The lowest BCUT2D eigenvalue weighted by Gasteiger charge is -2.37. The lowest BCUT2D eigenvalue weighted by Crippen LogP contribution is -2.50. The van der Waals surface area contributed by atoms with Crippen LogP contribution in [0, 0.1) is 0 Å². The second-order valence-electron chi connectivity index (χ2n) is 22.9. The summed E-state index contributed by atoms with van der Waals surface area (Å²) < 4.78 is 0. The summed E-state index contributed by atoms with van der Waals surface area (Å²) in [6.45, 7) is 24.1. The first-order chi connectivity index (χ1) is 34.6. The van der Waals surface area contributed by atoms with E-state index in [1.807, 2.05) is 0 Å². The first kappa shape index (κ1) is 68.6. The molecule has 0 aromatic rings. The lowest BCUT2D eigenvalue weighted by atomic mass is 10.1. The minimum Gasteiger partial charge on any atom is -0.392 e. The Morgan fingerprint density at radius 1 is 0.282 bits per heavy atom. The average Bonchev–Trinajstić information content (AvgIpc) is 3.35. The van der Waals surface area contributed by atoms with Gasteiger partial charge in [0, 0.05) is 85.1 Å². The van der Waals surface area contributed by atoms with Gasteiger partial charge in [-0.05, 0) is 51.6 Å². The van der Waals surface area contributed by atoms with Gasteiger partial charge in [0.2, 0.25) is 0 Å². The van der Waals surface area contributed by atoms with Crippen LogP contribution in [0.3, 0.4) is 0 Å². The molecule has 1 saturated heterocycles. The molecule has 5 unspecified atom stereocenters. The molecule has 5 N–H and O–H groups in total. The standard InChI is InChI=1S/C61H127N5O5/c1-6-11-16-21-26-31-37-57(67)52-64-49-46-63(47-50-64)45-44-62(48-51-66(55-60(70)40-34-29-24-19-14-9-4)56-61(71)41-35-30-25-20-15-10-5)42-36-43-65(53-58(68)38-32-27-22-17-12-7-2)54-59(69)39-33-28-23-18-13-8-3/h57-61,67-71H,6-56H2,1-5H3. The SMILES string of the molecule is CCCCCCCCC(O)CN1CCN(CCN(CCCN(CC(O)CCCCCCCC)CC(O)CCCCCCCC)CCN(CC(O)CCCCCCCC)CC(O)CCCCCCCC)CC1. The quantitative estimate of drug-likeness (QED) is 0.0377. The predicted octanol–water partition coefficient (Wildman–Crippen LogP) is 12.5. The fourth-order valence-electron chi connectivity index (χ4n) is 10.9. The Labute approximate surface area is 442 Å². The molecule has 71 heavy (non-hydrogen) atoms. The lowest BCUT2D eigenvalue weighted by molar-refractivity contribution is 0.0472. The molecule has 0 spiro atoms. The number of hydrogen-bond donors (Lipinski definition) is 5. The van der Waals surface area contributed by atoms with Gasteiger partial charge in [-0.15, -0.1) is 0 Å². The van der Waals surface area contributed by atoms with E-state index in [2.05, 4.69) is 59.1 Å². The largest absolute Gasteiger partial charge is 0.392 e. The van der Waals surface area contributed by atoms with Crippen molar-refractivity contribution in [3.8, 4) is 0 Å². The van der Waals surface area contributed by atoms with E-state index in [0.717, 1.165) is 143 Å². The van der Waals surface area contributed by atoms with Gasteiger partial charge < -0.3 is 30.4 Å². The van der Waals surface area contributed by atoms with Gasteiger partial charge in [0.1, 0.15) is 0 Å². The van der Waals surface area contributed by atoms with E-state index in [0.29, 0.717) is 26.2 Å². The van der Waals surface area contributed by atoms with Gasteiger partial charge in [-0.2, -0.15) is 0 Å². The Morgan fingerprint density at radius 2 is 0.549 bits per heavy atom. The van der Waals surface area contributed by atoms with Crippen molar-refractivity contribution >= 4 is 0 Å². The molecular weight excluding hydrogens is 883 g/mol. The van der Waals surface area contributed by atoms with Gasteiger partial charge in [-0.1, -0.05) is 227 Å². The van der Waals surface area contributed by atoms with E-state index >= 15 is 0 Å². The molecule has 426 valence electrons. The molecule has 0 amide bonds. The van der Waals surface area contributed by atoms with Gasteiger partial charge in [-0.3, -0.25) is 19.6 Å². The normalized spacial score (nSPS) is 16.2. The Hall–Kier alpha value is -0.400. The van der Waals surface area contributed by atoms with Crippen molar-refractivity contribution < 1.29 is 25.5 Å². The van der Waals surface area contributed by atoms with Gasteiger partial charge in [-0.25, -0.2) is 0 Å². The number of piperazine rings is 1. The zero-order valence-electron chi connectivity index (χ0n) is 48.4. The average molecular weight is 1010 g/mol. The van der Waals surface area contributed by atoms with Crippen molar-refractivity contribution in [2.24, 2.45) is 0 Å². The Bertz CT molecular complexity index is 1020. The minimum atomic E-state index is -0.379. The third kappa shape index (κ3) is 43.4. The third-order valence-electron chi connectivity index (χ3n) is 15.7. The summed E-state index contributed by atoms with van der Waals surface area (Å²) in [6.07, 6.45) is 40.4. The molecular formula is C61H127N5O5. The summed E-state index contributed by atoms with van der Waals surface area (Å²) in [5, 5.41) is 56.2. The summed E-state index contributed by atoms with van der Waals surface area (Å²) in [4.78, 5) is 12.4. The summed E-state index contributed by atoms with van der Waals surface area (Å²) in [7, 11) is 0. The van der Waals surface area contributed by atoms with Crippen molar-refractivity contribution in [3.63, 3.8) is 0 Å². The van der Waals surface area contributed by atoms with E-state index in [1.165, 1.54) is 161 Å². The fraction of sp³-hybridized carbons (Fsp3) is 1.00. The maximum Gasteiger partial charge on any atom is 0.0667 e. The summed E-state index contributed by atoms with van der Waals surface area (Å²) >= 11 is 0. The summed E-state index contributed by atoms with van der Waals surface area (Å²) in [5.74, 6) is 0. The van der Waals surface area contributed by atoms with Gasteiger partial charge >= 0.3 is 0 Å². The zero-order chi connectivity index (χ0) is 51.8. The number of unbranched alkanes of at least 4 members (excludes halogenated alkanes) is 25. The van der Waals surface area contributed by atoms with E-state index in [1.54, 1.807) is 0 Å². The molecule has 0 aliphatic carbocycles. The molecule has 1 aliphatic rings. The molecule has 0 bridgehead atoms. The molecule has 0 saturated carbocycles. The van der Waals surface area contributed by atoms with Gasteiger partial charge in [0.25, 0.3) is 0 Å². The molecule has 5 atom stereocenters. The van der Waals surface area contributed by atoms with E-state index in [4.69, 9.17) is 0 Å². The minimum absolute atomic E-state index is 0.229. The van der Waals surface area contributed by atoms with E-state index in [9.17, 15) is 25.5 Å². The molecule has 10 heteroatoms. The number of hydrogen-bond acceptors (Lipinski definition) is 10. The van der Waals surface area contributed by atoms with Crippen LogP contribution in [0.4, 0.5) is 0 Å². The van der Waals surface area contributed by atoms with Crippen LogP contribution in [0.1, 0.15) is 266 Å². The molecule has 0 aromatic heterocycles. The molecule has 0 radical (unpaired) electrons. The second-order valence-corrected chi connectivity index (χ2v) is 22.9. The van der Waals surface area contributed by atoms with Crippen LogP contribution in [0.15, 0.2) is 0 Å². The maximum absolute atomic E-state index is 11.4. The van der Waals surface area contributed by atoms with E-state index in [-0.39, 0.29) is 30.5 Å².